The Bertz CT molecular complexity index is 1010. The number of aromatic amines is 1. The summed E-state index contributed by atoms with van der Waals surface area (Å²) < 4.78 is 1.75. The third-order valence-corrected chi connectivity index (χ3v) is 4.68. The molecule has 4 rings (SSSR count). The van der Waals surface area contributed by atoms with Crippen molar-refractivity contribution in [1.29, 1.82) is 0 Å². The first-order chi connectivity index (χ1) is 12.0. The van der Waals surface area contributed by atoms with E-state index >= 15 is 0 Å². The zero-order chi connectivity index (χ0) is 17.6. The molecule has 0 bridgehead atoms. The third-order valence-electron chi connectivity index (χ3n) is 4.68. The highest BCUT2D eigenvalue weighted by molar-refractivity contribution is 5.81. The topological polar surface area (TPSA) is 95.9 Å². The number of nitrogens with one attached hydrogen (secondary N) is 2. The van der Waals surface area contributed by atoms with Crippen molar-refractivity contribution in [2.75, 3.05) is 12.4 Å². The van der Waals surface area contributed by atoms with Crippen LogP contribution in [-0.2, 0) is 11.8 Å². The predicted molar refractivity (Wildman–Crippen MR) is 93.1 cm³/mol. The minimum Gasteiger partial charge on any atom is -0.350 e. The van der Waals surface area contributed by atoms with Gasteiger partial charge in [0.1, 0.15) is 0 Å². The Labute approximate surface area is 143 Å². The monoisotopic (exact) mass is 338 g/mol. The van der Waals surface area contributed by atoms with Crippen LogP contribution in [0.5, 0.6) is 0 Å². The highest BCUT2D eigenvalue weighted by atomic mass is 16.2. The number of para-hydroxylation sites is 1. The fourth-order valence-electron chi connectivity index (χ4n) is 3.41. The van der Waals surface area contributed by atoms with Gasteiger partial charge in [-0.3, -0.25) is 19.3 Å². The molecule has 25 heavy (non-hydrogen) atoms. The Morgan fingerprint density at radius 1 is 1.20 bits per heavy atom. The van der Waals surface area contributed by atoms with Crippen LogP contribution >= 0.6 is 0 Å². The van der Waals surface area contributed by atoms with E-state index in [1.807, 2.05) is 19.2 Å². The van der Waals surface area contributed by atoms with Crippen LogP contribution in [0.3, 0.4) is 0 Å². The van der Waals surface area contributed by atoms with E-state index in [4.69, 9.17) is 0 Å². The Balaban J connectivity index is 1.70. The minimum absolute atomic E-state index is 0.0341. The summed E-state index contributed by atoms with van der Waals surface area (Å²) in [6, 6.07) is 8.66. The van der Waals surface area contributed by atoms with Gasteiger partial charge in [-0.05, 0) is 18.2 Å². The molecule has 1 saturated heterocycles. The first-order valence-corrected chi connectivity index (χ1v) is 8.04. The molecule has 0 aliphatic carbocycles. The van der Waals surface area contributed by atoms with Gasteiger partial charge in [-0.2, -0.15) is 5.10 Å². The Kier molecular flexibility index (Phi) is 3.52. The molecular weight excluding hydrogens is 320 g/mol. The van der Waals surface area contributed by atoms with E-state index in [0.29, 0.717) is 23.3 Å². The largest absolute Gasteiger partial charge is 0.350 e. The Morgan fingerprint density at radius 2 is 2.00 bits per heavy atom. The highest BCUT2D eigenvalue weighted by Gasteiger charge is 2.40. The van der Waals surface area contributed by atoms with Crippen molar-refractivity contribution in [2.24, 2.45) is 7.05 Å². The highest BCUT2D eigenvalue weighted by Crippen LogP contribution is 2.33. The van der Waals surface area contributed by atoms with Gasteiger partial charge < -0.3 is 10.2 Å². The van der Waals surface area contributed by atoms with Crippen molar-refractivity contribution in [3.63, 3.8) is 0 Å². The second-order valence-electron chi connectivity index (χ2n) is 6.22. The SMILES string of the molecule is CN1C(=O)C[C@@H](Nc2nc3ccccc3c(=O)[nH]2)[C@@H]1c1ccnn1C. The van der Waals surface area contributed by atoms with Crippen LogP contribution in [0, 0.1) is 0 Å². The van der Waals surface area contributed by atoms with Crippen LogP contribution < -0.4 is 10.9 Å². The van der Waals surface area contributed by atoms with Gasteiger partial charge in [-0.15, -0.1) is 0 Å². The molecule has 8 heteroatoms. The summed E-state index contributed by atoms with van der Waals surface area (Å²) in [5.74, 6) is 0.399. The molecule has 8 nitrogen and oxygen atoms in total. The van der Waals surface area contributed by atoms with Crippen LogP contribution in [0.25, 0.3) is 10.9 Å². The number of rotatable bonds is 3. The molecule has 1 fully saturated rings. The fourth-order valence-corrected chi connectivity index (χ4v) is 3.41. The number of aromatic nitrogens is 4. The molecule has 3 aromatic rings. The number of carbonyl (C=O) groups is 1. The molecule has 1 aromatic carbocycles. The maximum absolute atomic E-state index is 12.2. The number of nitrogens with zero attached hydrogens (tertiary/aromatic N) is 4. The van der Waals surface area contributed by atoms with E-state index in [-0.39, 0.29) is 23.6 Å². The molecule has 0 unspecified atom stereocenters. The lowest BCUT2D eigenvalue weighted by molar-refractivity contribution is -0.127. The summed E-state index contributed by atoms with van der Waals surface area (Å²) in [6.45, 7) is 0. The number of H-pyrrole nitrogens is 1. The lowest BCUT2D eigenvalue weighted by atomic mass is 10.1. The molecule has 2 N–H and O–H groups in total. The molecule has 2 aromatic heterocycles. The summed E-state index contributed by atoms with van der Waals surface area (Å²) in [5, 5.41) is 7.96. The summed E-state index contributed by atoms with van der Waals surface area (Å²) in [7, 11) is 3.62. The third kappa shape index (κ3) is 2.55. The maximum atomic E-state index is 12.2. The van der Waals surface area contributed by atoms with Crippen LogP contribution in [0.2, 0.25) is 0 Å². The summed E-state index contributed by atoms with van der Waals surface area (Å²) in [5.41, 5.74) is 1.33. The molecule has 0 radical (unpaired) electrons. The molecule has 0 spiro atoms. The zero-order valence-corrected chi connectivity index (χ0v) is 13.9. The first-order valence-electron chi connectivity index (χ1n) is 8.04. The van der Waals surface area contributed by atoms with Gasteiger partial charge in [0.15, 0.2) is 0 Å². The van der Waals surface area contributed by atoms with Gasteiger partial charge in [0.25, 0.3) is 5.56 Å². The zero-order valence-electron chi connectivity index (χ0n) is 13.9. The number of amides is 1. The number of hydrogen-bond acceptors (Lipinski definition) is 5. The van der Waals surface area contributed by atoms with Crippen LogP contribution in [0.4, 0.5) is 5.95 Å². The van der Waals surface area contributed by atoms with Crippen molar-refractivity contribution in [3.05, 3.63) is 52.6 Å². The lowest BCUT2D eigenvalue weighted by Gasteiger charge is -2.25. The number of likely N-dealkylation sites (N-methyl/N-ethyl adjacent to an activating group) is 1. The van der Waals surface area contributed by atoms with E-state index in [1.54, 1.807) is 41.0 Å². The van der Waals surface area contributed by atoms with Crippen molar-refractivity contribution in [3.8, 4) is 0 Å². The maximum Gasteiger partial charge on any atom is 0.260 e. The summed E-state index contributed by atoms with van der Waals surface area (Å²) >= 11 is 0. The average Bonchev–Trinajstić information content (AvgIpc) is 3.11. The second-order valence-corrected chi connectivity index (χ2v) is 6.22. The Morgan fingerprint density at radius 3 is 2.76 bits per heavy atom. The lowest BCUT2D eigenvalue weighted by Crippen LogP contribution is -2.32. The quantitative estimate of drug-likeness (QED) is 0.744. The number of anilines is 1. The van der Waals surface area contributed by atoms with E-state index in [9.17, 15) is 9.59 Å². The fraction of sp³-hybridized carbons (Fsp3) is 0.294. The Hall–Kier alpha value is -3.16. The van der Waals surface area contributed by atoms with E-state index in [2.05, 4.69) is 20.4 Å². The van der Waals surface area contributed by atoms with Gasteiger partial charge >= 0.3 is 0 Å². The second kappa shape index (κ2) is 5.73. The number of likely N-dealkylation sites (tertiary alicyclic amines) is 1. The van der Waals surface area contributed by atoms with Crippen molar-refractivity contribution in [1.82, 2.24) is 24.6 Å². The van der Waals surface area contributed by atoms with E-state index in [1.165, 1.54) is 0 Å². The first kappa shape index (κ1) is 15.4. The molecular formula is C17H18N6O2. The van der Waals surface area contributed by atoms with Gasteiger partial charge in [0, 0.05) is 26.7 Å². The normalized spacial score (nSPS) is 20.4. The molecule has 0 saturated carbocycles. The minimum atomic E-state index is -0.211. The van der Waals surface area contributed by atoms with Crippen molar-refractivity contribution in [2.45, 2.75) is 18.5 Å². The molecule has 2 atom stereocenters. The number of aryl methyl sites for hydroxylation is 1. The molecule has 1 amide bonds. The van der Waals surface area contributed by atoms with Crippen molar-refractivity contribution < 1.29 is 4.79 Å². The average molecular weight is 338 g/mol. The number of benzene rings is 1. The molecule has 1 aliphatic heterocycles. The predicted octanol–water partition coefficient (Wildman–Crippen LogP) is 1.04. The number of carbonyl (C=O) groups excluding carboxylic acids is 1. The summed E-state index contributed by atoms with van der Waals surface area (Å²) in [4.78, 5) is 33.4. The van der Waals surface area contributed by atoms with Gasteiger partial charge in [0.05, 0.1) is 28.7 Å². The number of fused-ring (bicyclic) bond motifs is 1. The van der Waals surface area contributed by atoms with Crippen molar-refractivity contribution >= 4 is 22.8 Å². The van der Waals surface area contributed by atoms with Crippen LogP contribution in [0.1, 0.15) is 18.2 Å². The molecule has 1 aliphatic rings. The molecule has 128 valence electrons. The van der Waals surface area contributed by atoms with Gasteiger partial charge in [-0.25, -0.2) is 4.98 Å². The summed E-state index contributed by atoms with van der Waals surface area (Å²) in [6.07, 6.45) is 2.03. The van der Waals surface area contributed by atoms with Crippen LogP contribution in [-0.4, -0.2) is 43.6 Å². The smallest absolute Gasteiger partial charge is 0.260 e. The molecule has 3 heterocycles. The van der Waals surface area contributed by atoms with Gasteiger partial charge in [-0.1, -0.05) is 12.1 Å². The van der Waals surface area contributed by atoms with E-state index < -0.39 is 0 Å². The van der Waals surface area contributed by atoms with Crippen LogP contribution in [0.15, 0.2) is 41.3 Å². The standard InChI is InChI=1S/C17H18N6O2/c1-22-14(24)9-12(15(22)13-7-8-18-23(13)2)20-17-19-11-6-4-3-5-10(11)16(25)21-17/h3-8,12,15H,9H2,1-2H3,(H2,19,20,21,25)/t12-,15-/m1/s1. The van der Waals surface area contributed by atoms with E-state index in [0.717, 1.165) is 5.69 Å². The van der Waals surface area contributed by atoms with Gasteiger partial charge in [0.2, 0.25) is 11.9 Å². The number of hydrogen-bond donors (Lipinski definition) is 2.